The maximum absolute atomic E-state index is 9.64. The maximum atomic E-state index is 9.64. The fourth-order valence-corrected chi connectivity index (χ4v) is 0. The van der Waals surface area contributed by atoms with E-state index in [1.54, 1.807) is 0 Å². The minimum Gasteiger partial charge on any atom is -0.217 e. The lowest BCUT2D eigenvalue weighted by atomic mass is 16.0. The molecule has 0 saturated carbocycles. The van der Waals surface area contributed by atoms with Crippen LogP contribution in [0.1, 0.15) is 0 Å². The summed E-state index contributed by atoms with van der Waals surface area (Å²) in [6, 6.07) is 0. The van der Waals surface area contributed by atoms with Gasteiger partial charge in [0.1, 0.15) is 1.28 Å². The van der Waals surface area contributed by atoms with Crippen LogP contribution >= 0.6 is 16.0 Å². The number of hydrogen-bond acceptors (Lipinski definition) is 1. The summed E-state index contributed by atoms with van der Waals surface area (Å²) < 4.78 is 15.9. The molecule has 1 nitrogen and oxygen atoms in total. The van der Waals surface area contributed by atoms with Gasteiger partial charge in [0, 0.05) is 9.16 Å². The summed E-state index contributed by atoms with van der Waals surface area (Å²) in [5.74, 6) is 0. The molecule has 0 aromatic rings. The molecule has 4 heavy (non-hydrogen) atoms. The predicted molar refractivity (Wildman–Crippen MR) is 24.8 cm³/mol. The Morgan fingerprint density at radius 1 is 2.25 bits per heavy atom. The third kappa shape index (κ3) is 17.9. The van der Waals surface area contributed by atoms with Gasteiger partial charge in [0.25, 0.3) is 0 Å². The summed E-state index contributed by atoms with van der Waals surface area (Å²) in [6.07, 6.45) is 0. The first-order valence-corrected chi connectivity index (χ1v) is 3.98. The second-order valence-electron chi connectivity index (χ2n) is 0.249. The molecule has 0 spiro atoms. The fourth-order valence-electron chi connectivity index (χ4n) is 0. The van der Waals surface area contributed by atoms with Crippen molar-refractivity contribution in [1.29, 1.82) is 1.28 Å². The van der Waals surface area contributed by atoms with E-state index < -0.39 is 9.16 Å². The Balaban J connectivity index is 4.25. The van der Waals surface area contributed by atoms with E-state index >= 15 is 0 Å². The summed E-state index contributed by atoms with van der Waals surface area (Å²) in [5, 5.41) is 0. The molecule has 0 N–H and O–H groups in total. The van der Waals surface area contributed by atoms with Crippen LogP contribution in [0.25, 0.3) is 0 Å². The molecule has 0 heterocycles. The lowest BCUT2D eigenvalue weighted by molar-refractivity contribution is 0.701. The minimum absolute atomic E-state index is 0.133. The largest absolute Gasteiger partial charge is 0.217 e. The van der Waals surface area contributed by atoms with E-state index in [0.717, 1.165) is 0 Å². The fraction of sp³-hybridized carbons (Fsp3) is 0. The quantitative estimate of drug-likeness (QED) is 0.425. The van der Waals surface area contributed by atoms with Crippen LogP contribution in [0.15, 0.2) is 0 Å². The molecule has 0 aliphatic heterocycles. The Hall–Kier alpha value is 0.620. The van der Waals surface area contributed by atoms with Gasteiger partial charge in [-0.15, -0.1) is 0 Å². The molecule has 24 valence electrons. The van der Waals surface area contributed by atoms with Crippen LogP contribution in [0.5, 0.6) is 0 Å². The van der Waals surface area contributed by atoms with E-state index in [-0.39, 0.29) is 7.96 Å². The minimum atomic E-state index is -1.13. The lowest BCUT2D eigenvalue weighted by Crippen LogP contribution is -1.13. The molecular formula is H2OP2S. The molecule has 0 aromatic carbocycles. The SMILES string of the molecule is [2H]P=S(=O)=P. The van der Waals surface area contributed by atoms with E-state index in [9.17, 15) is 4.21 Å². The molecule has 0 aliphatic rings. The zero-order valence-electron chi connectivity index (χ0n) is 2.76. The highest BCUT2D eigenvalue weighted by Gasteiger charge is 1.21. The summed E-state index contributed by atoms with van der Waals surface area (Å²) >= 11 is 0. The first-order chi connectivity index (χ1) is 2.27. The first-order valence-electron chi connectivity index (χ1n) is 1.00. The van der Waals surface area contributed by atoms with E-state index in [2.05, 4.69) is 8.02 Å². The number of rotatable bonds is 0. The van der Waals surface area contributed by atoms with Gasteiger partial charge in [-0.2, -0.15) is 0 Å². The molecule has 0 bridgehead atoms. The van der Waals surface area contributed by atoms with Crippen molar-refractivity contribution < 1.29 is 4.21 Å². The van der Waals surface area contributed by atoms with Crippen LogP contribution in [0, 0.1) is 0 Å². The Morgan fingerprint density at radius 3 is 2.50 bits per heavy atom. The normalized spacial score (nSPS) is 10.5. The van der Waals surface area contributed by atoms with Crippen molar-refractivity contribution in [1.82, 2.24) is 0 Å². The van der Waals surface area contributed by atoms with Crippen LogP contribution in [0.3, 0.4) is 0 Å². The highest BCUT2D eigenvalue weighted by molar-refractivity contribution is 8.21. The van der Waals surface area contributed by atoms with Gasteiger partial charge in [-0.3, -0.25) is 0 Å². The van der Waals surface area contributed by atoms with E-state index in [4.69, 9.17) is 1.28 Å². The molecule has 0 radical (unpaired) electrons. The van der Waals surface area contributed by atoms with Gasteiger partial charge in [0.15, 0.2) is 0 Å². The molecule has 0 saturated heterocycles. The first kappa shape index (κ1) is 2.84. The molecule has 0 aromatic heterocycles. The van der Waals surface area contributed by atoms with Gasteiger partial charge in [0.2, 0.25) is 0 Å². The average molecular weight is 113 g/mol. The monoisotopic (exact) mass is 113 g/mol. The summed E-state index contributed by atoms with van der Waals surface area (Å²) in [4.78, 5) is 0. The van der Waals surface area contributed by atoms with Crippen LogP contribution in [0.4, 0.5) is 0 Å². The van der Waals surface area contributed by atoms with Gasteiger partial charge >= 0.3 is 0 Å². The Kier molecular flexibility index (Phi) is 1.34. The third-order valence-corrected chi connectivity index (χ3v) is 0. The maximum Gasteiger partial charge on any atom is 0.107 e. The van der Waals surface area contributed by atoms with Gasteiger partial charge < -0.3 is 0 Å². The summed E-state index contributed by atoms with van der Waals surface area (Å²) in [5.41, 5.74) is 0. The average Bonchev–Trinajstić information content (AvgIpc) is 1.38. The Bertz CT molecular complexity index is 113. The van der Waals surface area contributed by atoms with E-state index in [1.165, 1.54) is 0 Å². The zero-order chi connectivity index (χ0) is 4.28. The van der Waals surface area contributed by atoms with Crippen molar-refractivity contribution in [3.05, 3.63) is 0 Å². The Morgan fingerprint density at radius 2 is 2.50 bits per heavy atom. The van der Waals surface area contributed by atoms with Crippen molar-refractivity contribution in [3.63, 3.8) is 0 Å². The smallest absolute Gasteiger partial charge is 0.107 e. The van der Waals surface area contributed by atoms with Crippen LogP contribution < -0.4 is 0 Å². The Labute approximate surface area is 31.5 Å². The molecular weight excluding hydrogens is 110 g/mol. The highest BCUT2D eigenvalue weighted by Crippen LogP contribution is 1.60. The highest BCUT2D eigenvalue weighted by atomic mass is 32.7. The molecule has 0 rings (SSSR count). The van der Waals surface area contributed by atoms with Crippen molar-refractivity contribution in [3.8, 4) is 0 Å². The van der Waals surface area contributed by atoms with Crippen LogP contribution in [-0.2, 0) is 9.16 Å². The van der Waals surface area contributed by atoms with Gasteiger partial charge in [-0.1, -0.05) is 0 Å². The van der Waals surface area contributed by atoms with Crippen LogP contribution in [-0.4, -0.2) is 5.49 Å². The van der Waals surface area contributed by atoms with Gasteiger partial charge in [-0.05, 0) is 16.0 Å². The molecule has 0 aliphatic carbocycles. The standard InChI is InChI=1S/H2OP2S/c1-4(2)3/h2-3H/i2D. The van der Waals surface area contributed by atoms with Crippen molar-refractivity contribution in [2.24, 2.45) is 0 Å². The van der Waals surface area contributed by atoms with Crippen molar-refractivity contribution >= 4 is 25.1 Å². The summed E-state index contributed by atoms with van der Waals surface area (Å²) in [7, 11) is 1.69. The van der Waals surface area contributed by atoms with Crippen molar-refractivity contribution in [2.45, 2.75) is 0 Å². The topological polar surface area (TPSA) is 17.1 Å². The summed E-state index contributed by atoms with van der Waals surface area (Å²) in [6.45, 7) is 0. The number of hydrogen-bond donors (Lipinski definition) is 0. The zero-order valence-corrected chi connectivity index (χ0v) is 4.47. The lowest BCUT2D eigenvalue weighted by Gasteiger charge is -1.25. The molecule has 0 fully saturated rings. The molecule has 0 amide bonds. The third-order valence-electron chi connectivity index (χ3n) is 0. The van der Waals surface area contributed by atoms with Gasteiger partial charge in [-0.25, -0.2) is 4.21 Å². The molecule has 0 unspecified atom stereocenters. The molecule has 4 heteroatoms. The predicted octanol–water partition coefficient (Wildman–Crippen LogP) is 0.851. The van der Waals surface area contributed by atoms with E-state index in [0.29, 0.717) is 0 Å². The van der Waals surface area contributed by atoms with Crippen LogP contribution in [0.2, 0.25) is 0 Å². The van der Waals surface area contributed by atoms with E-state index in [1.807, 2.05) is 0 Å². The van der Waals surface area contributed by atoms with Gasteiger partial charge in [0.05, 0.1) is 0 Å². The molecule has 0 atom stereocenters. The van der Waals surface area contributed by atoms with Crippen molar-refractivity contribution in [2.75, 3.05) is 0 Å². The second kappa shape index (κ2) is 1.90. The second-order valence-corrected chi connectivity index (χ2v) is 3.89.